The molecular weight excluding hydrogens is 174 g/mol. The molecule has 0 aromatic rings. The molecule has 0 heterocycles. The van der Waals surface area contributed by atoms with Crippen LogP contribution >= 0.6 is 0 Å². The Hall–Kier alpha value is -0.0800. The van der Waals surface area contributed by atoms with Crippen molar-refractivity contribution in [1.29, 1.82) is 0 Å². The normalized spacial score (nSPS) is 11.1. The molecule has 14 heavy (non-hydrogen) atoms. The van der Waals surface area contributed by atoms with Gasteiger partial charge in [0.15, 0.2) is 0 Å². The van der Waals surface area contributed by atoms with Crippen molar-refractivity contribution in [3.63, 3.8) is 0 Å². The molecule has 0 unspecified atom stereocenters. The lowest BCUT2D eigenvalue weighted by molar-refractivity contribution is 0.380. The quantitative estimate of drug-likeness (QED) is 0.394. The zero-order valence-electron chi connectivity index (χ0n) is 9.93. The van der Waals surface area contributed by atoms with Crippen molar-refractivity contribution in [2.24, 2.45) is 0 Å². The summed E-state index contributed by atoms with van der Waals surface area (Å²) in [6, 6.07) is 0. The average Bonchev–Trinajstić information content (AvgIpc) is 2.21. The van der Waals surface area contributed by atoms with Crippen LogP contribution < -0.4 is 0 Å². The third kappa shape index (κ3) is 10.0. The highest BCUT2D eigenvalue weighted by molar-refractivity contribution is 4.54. The first kappa shape index (κ1) is 13.9. The van der Waals surface area contributed by atoms with Crippen LogP contribution in [0.2, 0.25) is 0 Å². The molecule has 0 aromatic carbocycles. The van der Waals surface area contributed by atoms with E-state index in [9.17, 15) is 5.21 Å². The van der Waals surface area contributed by atoms with Crippen molar-refractivity contribution >= 4 is 0 Å². The van der Waals surface area contributed by atoms with E-state index in [0.717, 1.165) is 18.0 Å². The summed E-state index contributed by atoms with van der Waals surface area (Å²) in [5.41, 5.74) is 0. The van der Waals surface area contributed by atoms with Crippen molar-refractivity contribution in [2.45, 2.75) is 65.2 Å². The molecule has 0 bridgehead atoms. The molecule has 0 radical (unpaired) electrons. The van der Waals surface area contributed by atoms with Gasteiger partial charge < -0.3 is 10.3 Å². The third-order valence-electron chi connectivity index (χ3n) is 2.61. The van der Waals surface area contributed by atoms with E-state index in [1.807, 2.05) is 6.92 Å². The van der Waals surface area contributed by atoms with E-state index in [-0.39, 0.29) is 0 Å². The SMILES string of the molecule is CCCCCCCCCCN([O-])CC. The Balaban J connectivity index is 2.92. The van der Waals surface area contributed by atoms with Gasteiger partial charge in [0, 0.05) is 0 Å². The monoisotopic (exact) mass is 200 g/mol. The maximum absolute atomic E-state index is 10.9. The van der Waals surface area contributed by atoms with Gasteiger partial charge in [0.2, 0.25) is 0 Å². The minimum absolute atomic E-state index is 0.635. The van der Waals surface area contributed by atoms with E-state index in [1.165, 1.54) is 44.9 Å². The highest BCUT2D eigenvalue weighted by Crippen LogP contribution is 2.08. The summed E-state index contributed by atoms with van der Waals surface area (Å²) < 4.78 is 0. The maximum Gasteiger partial charge on any atom is -0.0145 e. The van der Waals surface area contributed by atoms with Gasteiger partial charge in [-0.3, -0.25) is 0 Å². The Labute approximate surface area is 89.3 Å². The molecule has 0 spiro atoms. The van der Waals surface area contributed by atoms with Gasteiger partial charge in [-0.05, 0) is 19.5 Å². The molecule has 0 N–H and O–H groups in total. The Morgan fingerprint density at radius 3 is 1.79 bits per heavy atom. The molecule has 0 rings (SSSR count). The summed E-state index contributed by atoms with van der Waals surface area (Å²) in [5, 5.41) is 12.1. The van der Waals surface area contributed by atoms with Gasteiger partial charge in [0.1, 0.15) is 0 Å². The Morgan fingerprint density at radius 2 is 1.29 bits per heavy atom. The predicted octanol–water partition coefficient (Wildman–Crippen LogP) is 3.95. The van der Waals surface area contributed by atoms with Crippen LogP contribution in [0.3, 0.4) is 0 Å². The lowest BCUT2D eigenvalue weighted by Gasteiger charge is -2.25. The second kappa shape index (κ2) is 11.0. The fraction of sp³-hybridized carbons (Fsp3) is 1.00. The maximum atomic E-state index is 10.9. The summed E-state index contributed by atoms with van der Waals surface area (Å²) in [6.07, 6.45) is 10.4. The average molecular weight is 200 g/mol. The zero-order chi connectivity index (χ0) is 10.6. The number of nitrogens with zero attached hydrogens (tertiary/aromatic N) is 1. The van der Waals surface area contributed by atoms with Crippen LogP contribution in [0.25, 0.3) is 0 Å². The van der Waals surface area contributed by atoms with E-state index >= 15 is 0 Å². The van der Waals surface area contributed by atoms with Crippen LogP contribution in [-0.4, -0.2) is 18.2 Å². The first-order valence-electron chi connectivity index (χ1n) is 6.23. The highest BCUT2D eigenvalue weighted by atomic mass is 16.5. The second-order valence-electron chi connectivity index (χ2n) is 4.00. The van der Waals surface area contributed by atoms with Gasteiger partial charge in [-0.1, -0.05) is 58.8 Å². The lowest BCUT2D eigenvalue weighted by atomic mass is 10.1. The predicted molar refractivity (Wildman–Crippen MR) is 63.2 cm³/mol. The fourth-order valence-corrected chi connectivity index (χ4v) is 1.58. The molecule has 2 heteroatoms. The molecule has 2 nitrogen and oxygen atoms in total. The van der Waals surface area contributed by atoms with Crippen LogP contribution in [0, 0.1) is 5.21 Å². The fourth-order valence-electron chi connectivity index (χ4n) is 1.58. The number of rotatable bonds is 10. The van der Waals surface area contributed by atoms with Crippen LogP contribution in [0.15, 0.2) is 0 Å². The minimum Gasteiger partial charge on any atom is -0.785 e. The Bertz CT molecular complexity index is 106. The summed E-state index contributed by atoms with van der Waals surface area (Å²) in [4.78, 5) is 0. The highest BCUT2D eigenvalue weighted by Gasteiger charge is 1.91. The van der Waals surface area contributed by atoms with Crippen LogP contribution in [0.5, 0.6) is 0 Å². The minimum atomic E-state index is 0.635. The number of unbranched alkanes of at least 4 members (excludes halogenated alkanes) is 7. The molecular formula is C12H26NO-. The van der Waals surface area contributed by atoms with E-state index in [1.54, 1.807) is 0 Å². The summed E-state index contributed by atoms with van der Waals surface area (Å²) in [6.45, 7) is 5.52. The van der Waals surface area contributed by atoms with E-state index in [4.69, 9.17) is 0 Å². The van der Waals surface area contributed by atoms with Crippen molar-refractivity contribution in [1.82, 2.24) is 5.06 Å². The van der Waals surface area contributed by atoms with Crippen LogP contribution in [0.1, 0.15) is 65.2 Å². The molecule has 0 saturated heterocycles. The topological polar surface area (TPSA) is 26.3 Å². The van der Waals surface area contributed by atoms with E-state index < -0.39 is 0 Å². The molecule has 0 amide bonds. The molecule has 0 aliphatic carbocycles. The van der Waals surface area contributed by atoms with Crippen molar-refractivity contribution in [2.75, 3.05) is 13.1 Å². The van der Waals surface area contributed by atoms with Gasteiger partial charge >= 0.3 is 0 Å². The van der Waals surface area contributed by atoms with Gasteiger partial charge in [-0.2, -0.15) is 0 Å². The summed E-state index contributed by atoms with van der Waals surface area (Å²) >= 11 is 0. The zero-order valence-corrected chi connectivity index (χ0v) is 9.93. The van der Waals surface area contributed by atoms with E-state index in [2.05, 4.69) is 6.92 Å². The van der Waals surface area contributed by atoms with Gasteiger partial charge in [0.05, 0.1) is 0 Å². The molecule has 0 aliphatic heterocycles. The largest absolute Gasteiger partial charge is 0.785 e. The van der Waals surface area contributed by atoms with E-state index in [0.29, 0.717) is 6.54 Å². The second-order valence-corrected chi connectivity index (χ2v) is 4.00. The van der Waals surface area contributed by atoms with Crippen molar-refractivity contribution in [3.05, 3.63) is 5.21 Å². The smallest absolute Gasteiger partial charge is 0.0145 e. The van der Waals surface area contributed by atoms with Crippen molar-refractivity contribution in [3.8, 4) is 0 Å². The first-order valence-corrected chi connectivity index (χ1v) is 6.23. The Morgan fingerprint density at radius 1 is 0.786 bits per heavy atom. The van der Waals surface area contributed by atoms with Gasteiger partial charge in [0.25, 0.3) is 0 Å². The van der Waals surface area contributed by atoms with Gasteiger partial charge in [-0.15, -0.1) is 0 Å². The molecule has 0 aromatic heterocycles. The molecule has 0 fully saturated rings. The number of hydrogen-bond acceptors (Lipinski definition) is 2. The lowest BCUT2D eigenvalue weighted by Crippen LogP contribution is -2.16. The van der Waals surface area contributed by atoms with Crippen molar-refractivity contribution < 1.29 is 0 Å². The number of hydrogen-bond donors (Lipinski definition) is 0. The first-order chi connectivity index (χ1) is 6.81. The number of hydroxylamine groups is 2. The molecule has 86 valence electrons. The molecule has 0 atom stereocenters. The van der Waals surface area contributed by atoms with Gasteiger partial charge in [-0.25, -0.2) is 0 Å². The molecule has 0 saturated carbocycles. The summed E-state index contributed by atoms with van der Waals surface area (Å²) in [7, 11) is 0. The standard InChI is InChI=1S/C12H26NO/c1-3-5-6-7-8-9-10-11-12-13(14)4-2/h3-12H2,1-2H3/q-1. The van der Waals surface area contributed by atoms with Crippen LogP contribution in [0.4, 0.5) is 0 Å². The third-order valence-corrected chi connectivity index (χ3v) is 2.61. The Kier molecular flexibility index (Phi) is 10.9. The van der Waals surface area contributed by atoms with Crippen LogP contribution in [-0.2, 0) is 0 Å². The summed E-state index contributed by atoms with van der Waals surface area (Å²) in [5.74, 6) is 0. The molecule has 0 aliphatic rings.